The van der Waals surface area contributed by atoms with E-state index in [0.717, 1.165) is 6.42 Å². The van der Waals surface area contributed by atoms with Crippen molar-refractivity contribution in [3.63, 3.8) is 0 Å². The van der Waals surface area contributed by atoms with Crippen molar-refractivity contribution in [3.8, 4) is 0 Å². The van der Waals surface area contributed by atoms with E-state index in [4.69, 9.17) is 9.47 Å². The number of allylic oxidation sites excluding steroid dienone is 2. The molecule has 3 heteroatoms. The lowest BCUT2D eigenvalue weighted by molar-refractivity contribution is -0.243. The van der Waals surface area contributed by atoms with Gasteiger partial charge in [0.15, 0.2) is 6.29 Å². The van der Waals surface area contributed by atoms with Crippen LogP contribution in [0.2, 0.25) is 0 Å². The summed E-state index contributed by atoms with van der Waals surface area (Å²) in [6.07, 6.45) is 5.50. The third kappa shape index (κ3) is 2.91. The van der Waals surface area contributed by atoms with Crippen LogP contribution in [0.4, 0.5) is 0 Å². The average molecular weight is 212 g/mol. The van der Waals surface area contributed by atoms with Crippen LogP contribution in [0, 0.1) is 5.41 Å². The quantitative estimate of drug-likeness (QED) is 0.683. The van der Waals surface area contributed by atoms with E-state index < -0.39 is 5.41 Å². The Hall–Kier alpha value is -0.640. The number of ether oxygens (including phenoxy) is 2. The Kier molecular flexibility index (Phi) is 5.02. The number of rotatable bonds is 6. The van der Waals surface area contributed by atoms with E-state index in [1.54, 1.807) is 12.2 Å². The first-order valence-corrected chi connectivity index (χ1v) is 5.35. The van der Waals surface area contributed by atoms with E-state index in [2.05, 4.69) is 13.2 Å². The van der Waals surface area contributed by atoms with Gasteiger partial charge in [0.25, 0.3) is 0 Å². The zero-order valence-electron chi connectivity index (χ0n) is 9.15. The summed E-state index contributed by atoms with van der Waals surface area (Å²) < 4.78 is 11.1. The van der Waals surface area contributed by atoms with Crippen LogP contribution in [0.5, 0.6) is 0 Å². The van der Waals surface area contributed by atoms with E-state index in [9.17, 15) is 5.11 Å². The van der Waals surface area contributed by atoms with Crippen LogP contribution >= 0.6 is 0 Å². The Morgan fingerprint density at radius 1 is 1.20 bits per heavy atom. The maximum absolute atomic E-state index is 9.54. The highest BCUT2D eigenvalue weighted by atomic mass is 16.7. The minimum absolute atomic E-state index is 0.0235. The van der Waals surface area contributed by atoms with Crippen LogP contribution < -0.4 is 0 Å². The lowest BCUT2D eigenvalue weighted by Crippen LogP contribution is -2.44. The highest BCUT2D eigenvalue weighted by Gasteiger charge is 2.39. The third-order valence-corrected chi connectivity index (χ3v) is 2.74. The predicted octanol–water partition coefficient (Wildman–Crippen LogP) is 1.88. The molecule has 0 radical (unpaired) electrons. The van der Waals surface area contributed by atoms with Crippen LogP contribution in [0.1, 0.15) is 19.3 Å². The van der Waals surface area contributed by atoms with E-state index in [0.29, 0.717) is 26.1 Å². The highest BCUT2D eigenvalue weighted by Crippen LogP contribution is 2.35. The molecule has 0 aromatic carbocycles. The Bertz CT molecular complexity index is 197. The van der Waals surface area contributed by atoms with E-state index in [1.807, 2.05) is 0 Å². The predicted molar refractivity (Wildman–Crippen MR) is 59.5 cm³/mol. The summed E-state index contributed by atoms with van der Waals surface area (Å²) in [5, 5.41) is 9.54. The van der Waals surface area contributed by atoms with Crippen LogP contribution in [0.25, 0.3) is 0 Å². The fraction of sp³-hybridized carbons (Fsp3) is 0.667. The van der Waals surface area contributed by atoms with Crippen molar-refractivity contribution in [2.75, 3.05) is 19.8 Å². The van der Waals surface area contributed by atoms with E-state index >= 15 is 0 Å². The first-order valence-electron chi connectivity index (χ1n) is 5.35. The fourth-order valence-corrected chi connectivity index (χ4v) is 1.90. The molecule has 1 saturated heterocycles. The van der Waals surface area contributed by atoms with Crippen molar-refractivity contribution in [1.82, 2.24) is 0 Å². The molecule has 3 nitrogen and oxygen atoms in total. The molecule has 1 fully saturated rings. The van der Waals surface area contributed by atoms with Crippen molar-refractivity contribution < 1.29 is 14.6 Å². The molecule has 1 aliphatic heterocycles. The Balaban J connectivity index is 2.74. The molecule has 0 aromatic heterocycles. The van der Waals surface area contributed by atoms with Gasteiger partial charge in [-0.2, -0.15) is 0 Å². The molecular weight excluding hydrogens is 192 g/mol. The normalized spacial score (nSPS) is 18.7. The maximum Gasteiger partial charge on any atom is 0.165 e. The Morgan fingerprint density at radius 3 is 2.13 bits per heavy atom. The topological polar surface area (TPSA) is 38.7 Å². The van der Waals surface area contributed by atoms with Gasteiger partial charge in [-0.25, -0.2) is 0 Å². The summed E-state index contributed by atoms with van der Waals surface area (Å²) in [6, 6.07) is 0. The molecule has 0 spiro atoms. The van der Waals surface area contributed by atoms with Crippen molar-refractivity contribution in [3.05, 3.63) is 25.3 Å². The monoisotopic (exact) mass is 212 g/mol. The molecular formula is C12H20O3. The Morgan fingerprint density at radius 2 is 1.73 bits per heavy atom. The van der Waals surface area contributed by atoms with E-state index in [1.165, 1.54) is 0 Å². The first-order chi connectivity index (χ1) is 7.29. The summed E-state index contributed by atoms with van der Waals surface area (Å²) in [7, 11) is 0. The Labute approximate surface area is 91.4 Å². The number of aliphatic hydroxyl groups is 1. The summed E-state index contributed by atoms with van der Waals surface area (Å²) in [5.74, 6) is 0. The highest BCUT2D eigenvalue weighted by molar-refractivity contribution is 4.94. The van der Waals surface area contributed by atoms with Crippen molar-refractivity contribution in [1.29, 1.82) is 0 Å². The second-order valence-corrected chi connectivity index (χ2v) is 3.93. The van der Waals surface area contributed by atoms with Gasteiger partial charge in [-0.1, -0.05) is 12.2 Å². The smallest absolute Gasteiger partial charge is 0.165 e. The summed E-state index contributed by atoms with van der Waals surface area (Å²) in [5.41, 5.74) is -0.413. The molecule has 86 valence electrons. The minimum atomic E-state index is -0.413. The number of hydrogen-bond acceptors (Lipinski definition) is 3. The minimum Gasteiger partial charge on any atom is -0.396 e. The average Bonchev–Trinajstić information content (AvgIpc) is 2.30. The summed E-state index contributed by atoms with van der Waals surface area (Å²) in [4.78, 5) is 0. The first kappa shape index (κ1) is 12.4. The maximum atomic E-state index is 9.54. The molecule has 1 N–H and O–H groups in total. The molecule has 15 heavy (non-hydrogen) atoms. The van der Waals surface area contributed by atoms with Gasteiger partial charge in [0.05, 0.1) is 25.2 Å². The number of aliphatic hydroxyl groups excluding tert-OH is 1. The van der Waals surface area contributed by atoms with Gasteiger partial charge in [0.1, 0.15) is 0 Å². The summed E-state index contributed by atoms with van der Waals surface area (Å²) >= 11 is 0. The van der Waals surface area contributed by atoms with Gasteiger partial charge in [-0.3, -0.25) is 0 Å². The van der Waals surface area contributed by atoms with Gasteiger partial charge in [0, 0.05) is 0 Å². The standard InChI is InChI=1S/C12H20O3/c1-3-6-12(10-13,7-4-2)11-14-8-5-9-15-11/h3-4,11,13H,1-2,5-10H2. The van der Waals surface area contributed by atoms with Crippen LogP contribution in [0.3, 0.4) is 0 Å². The van der Waals surface area contributed by atoms with Gasteiger partial charge in [0.2, 0.25) is 0 Å². The van der Waals surface area contributed by atoms with Gasteiger partial charge in [-0.15, -0.1) is 13.2 Å². The largest absolute Gasteiger partial charge is 0.396 e. The number of hydrogen-bond donors (Lipinski definition) is 1. The van der Waals surface area contributed by atoms with Crippen LogP contribution in [-0.4, -0.2) is 31.2 Å². The zero-order chi connectivity index (χ0) is 11.1. The van der Waals surface area contributed by atoms with Crippen LogP contribution in [0.15, 0.2) is 25.3 Å². The molecule has 1 heterocycles. The molecule has 1 aliphatic rings. The van der Waals surface area contributed by atoms with Crippen molar-refractivity contribution >= 4 is 0 Å². The molecule has 1 rings (SSSR count). The molecule has 0 aromatic rings. The van der Waals surface area contributed by atoms with Crippen molar-refractivity contribution in [2.45, 2.75) is 25.6 Å². The van der Waals surface area contributed by atoms with Crippen LogP contribution in [-0.2, 0) is 9.47 Å². The second kappa shape index (κ2) is 6.05. The lowest BCUT2D eigenvalue weighted by atomic mass is 9.81. The zero-order valence-corrected chi connectivity index (χ0v) is 9.15. The molecule has 0 amide bonds. The second-order valence-electron chi connectivity index (χ2n) is 3.93. The van der Waals surface area contributed by atoms with Gasteiger partial charge < -0.3 is 14.6 Å². The summed E-state index contributed by atoms with van der Waals surface area (Å²) in [6.45, 7) is 8.84. The molecule has 0 aliphatic carbocycles. The van der Waals surface area contributed by atoms with Gasteiger partial charge >= 0.3 is 0 Å². The molecule has 0 saturated carbocycles. The fourth-order valence-electron chi connectivity index (χ4n) is 1.90. The molecule has 0 atom stereocenters. The van der Waals surface area contributed by atoms with E-state index in [-0.39, 0.29) is 12.9 Å². The SMILES string of the molecule is C=CCC(CO)(CC=C)C1OCCCO1. The lowest BCUT2D eigenvalue weighted by Gasteiger charge is -2.39. The van der Waals surface area contributed by atoms with Crippen molar-refractivity contribution in [2.24, 2.45) is 5.41 Å². The molecule has 0 unspecified atom stereocenters. The molecule has 0 bridgehead atoms. The third-order valence-electron chi connectivity index (χ3n) is 2.74. The van der Waals surface area contributed by atoms with Gasteiger partial charge in [-0.05, 0) is 19.3 Å².